The van der Waals surface area contributed by atoms with Crippen molar-refractivity contribution < 1.29 is 31.9 Å². The largest absolute Gasteiger partial charge is 0.408 e. The summed E-state index contributed by atoms with van der Waals surface area (Å²) in [5.41, 5.74) is 0.290. The van der Waals surface area contributed by atoms with Crippen molar-refractivity contribution in [3.8, 4) is 0 Å². The van der Waals surface area contributed by atoms with Gasteiger partial charge < -0.3 is 16.0 Å². The lowest BCUT2D eigenvalue weighted by molar-refractivity contribution is -0.162. The molecule has 3 amide bonds. The summed E-state index contributed by atoms with van der Waals surface area (Å²) >= 11 is 5.45. The highest BCUT2D eigenvalue weighted by molar-refractivity contribution is 6.17. The fourth-order valence-electron chi connectivity index (χ4n) is 5.21. The number of alkyl halides is 4. The van der Waals surface area contributed by atoms with E-state index in [1.165, 1.54) is 29.9 Å². The van der Waals surface area contributed by atoms with E-state index in [1.807, 2.05) is 12.2 Å². The summed E-state index contributed by atoms with van der Waals surface area (Å²) in [5.74, 6) is -3.69. The molecule has 13 heteroatoms. The van der Waals surface area contributed by atoms with Gasteiger partial charge in [0.25, 0.3) is 5.91 Å². The van der Waals surface area contributed by atoms with Crippen molar-refractivity contribution in [3.63, 3.8) is 0 Å². The minimum absolute atomic E-state index is 0.0856. The summed E-state index contributed by atoms with van der Waals surface area (Å²) < 4.78 is 56.3. The zero-order valence-electron chi connectivity index (χ0n) is 22.8. The first-order valence-corrected chi connectivity index (χ1v) is 14.3. The molecule has 8 nitrogen and oxygen atoms in total. The Morgan fingerprint density at radius 1 is 1.07 bits per heavy atom. The van der Waals surface area contributed by atoms with Crippen LogP contribution in [0.5, 0.6) is 0 Å². The van der Waals surface area contributed by atoms with Crippen LogP contribution < -0.4 is 16.0 Å². The second-order valence-electron chi connectivity index (χ2n) is 10.8. The summed E-state index contributed by atoms with van der Waals surface area (Å²) in [6.07, 6.45) is 0.155. The van der Waals surface area contributed by atoms with E-state index in [1.54, 1.807) is 6.07 Å². The third-order valence-electron chi connectivity index (χ3n) is 7.79. The molecular weight excluding hydrogens is 566 g/mol. The van der Waals surface area contributed by atoms with Crippen molar-refractivity contribution in [1.29, 1.82) is 0 Å². The highest BCUT2D eigenvalue weighted by Gasteiger charge is 2.48. The molecule has 3 N–H and O–H groups in total. The van der Waals surface area contributed by atoms with Crippen molar-refractivity contribution in [1.82, 2.24) is 20.4 Å². The van der Waals surface area contributed by atoms with Gasteiger partial charge >= 0.3 is 6.18 Å². The molecule has 2 fully saturated rings. The number of halogens is 5. The molecule has 1 heterocycles. The Kier molecular flexibility index (Phi) is 9.61. The van der Waals surface area contributed by atoms with Crippen LogP contribution in [0.2, 0.25) is 0 Å². The molecule has 1 aromatic carbocycles. The molecule has 0 spiro atoms. The molecule has 1 unspecified atom stereocenters. The third-order valence-corrected chi connectivity index (χ3v) is 8.01. The smallest absolute Gasteiger partial charge is 0.344 e. The van der Waals surface area contributed by atoms with Crippen LogP contribution in [0.4, 0.5) is 23.2 Å². The molecule has 0 radical (unpaired) electrons. The monoisotopic (exact) mass is 599 g/mol. The topological polar surface area (TPSA) is 105 Å². The van der Waals surface area contributed by atoms with E-state index in [2.05, 4.69) is 15.7 Å². The molecule has 0 saturated heterocycles. The van der Waals surface area contributed by atoms with Crippen LogP contribution in [0, 0.1) is 23.6 Å². The average Bonchev–Trinajstić information content (AvgIpc) is 3.87. The van der Waals surface area contributed by atoms with Gasteiger partial charge in [0.1, 0.15) is 23.6 Å². The molecule has 0 aliphatic heterocycles. The minimum Gasteiger partial charge on any atom is -0.344 e. The maximum Gasteiger partial charge on any atom is 0.408 e. The fraction of sp³-hybridized carbons (Fsp3) is 0.571. The zero-order valence-corrected chi connectivity index (χ0v) is 23.6. The predicted octanol–water partition coefficient (Wildman–Crippen LogP) is 4.99. The molecule has 3 atom stereocenters. The second-order valence-corrected chi connectivity index (χ2v) is 11.1. The quantitative estimate of drug-likeness (QED) is 0.223. The number of carbonyl (C=O) groups is 3. The van der Waals surface area contributed by atoms with Gasteiger partial charge in [-0.25, -0.2) is 4.39 Å². The van der Waals surface area contributed by atoms with E-state index < -0.39 is 54.1 Å². The zero-order chi connectivity index (χ0) is 29.9. The number of benzene rings is 1. The SMILES string of the molecule is CCn1nccc1C(=O)N[C@H](C(=O)Nc1ccc([C@H](C)C(=O)NC(CCCl)C(F)(F)F)cc1F)C(C1CC1)C1CC1. The van der Waals surface area contributed by atoms with Gasteiger partial charge in [-0.3, -0.25) is 19.1 Å². The van der Waals surface area contributed by atoms with Gasteiger partial charge in [0.05, 0.1) is 11.6 Å². The van der Waals surface area contributed by atoms with Crippen LogP contribution in [0.3, 0.4) is 0 Å². The van der Waals surface area contributed by atoms with Crippen molar-refractivity contribution in [3.05, 3.63) is 47.5 Å². The Morgan fingerprint density at radius 2 is 1.73 bits per heavy atom. The molecule has 0 bridgehead atoms. The van der Waals surface area contributed by atoms with Crippen LogP contribution in [-0.2, 0) is 16.1 Å². The number of carbonyl (C=O) groups excluding carboxylic acids is 3. The van der Waals surface area contributed by atoms with E-state index in [9.17, 15) is 27.6 Å². The lowest BCUT2D eigenvalue weighted by Gasteiger charge is -2.27. The average molecular weight is 600 g/mol. The minimum atomic E-state index is -4.68. The molecule has 2 aliphatic carbocycles. The summed E-state index contributed by atoms with van der Waals surface area (Å²) in [4.78, 5) is 39.2. The van der Waals surface area contributed by atoms with Crippen molar-refractivity contribution in [2.24, 2.45) is 17.8 Å². The number of nitrogens with zero attached hydrogens (tertiary/aromatic N) is 2. The molecule has 1 aromatic heterocycles. The molecular formula is C28H34ClF4N5O3. The molecule has 41 heavy (non-hydrogen) atoms. The maximum atomic E-state index is 15.2. The van der Waals surface area contributed by atoms with Gasteiger partial charge in [-0.05, 0) is 87.5 Å². The summed E-state index contributed by atoms with van der Waals surface area (Å²) in [6, 6.07) is 2.20. The van der Waals surface area contributed by atoms with Crippen LogP contribution in [0.1, 0.15) is 67.9 Å². The van der Waals surface area contributed by atoms with E-state index in [4.69, 9.17) is 11.6 Å². The number of amides is 3. The van der Waals surface area contributed by atoms with Gasteiger partial charge in [-0.15, -0.1) is 11.6 Å². The normalized spacial score (nSPS) is 17.6. The maximum absolute atomic E-state index is 15.2. The number of aryl methyl sites for hydroxylation is 1. The first kappa shape index (κ1) is 30.8. The lowest BCUT2D eigenvalue weighted by atomic mass is 9.88. The Labute approximate surface area is 240 Å². The van der Waals surface area contributed by atoms with Gasteiger partial charge in [0, 0.05) is 18.6 Å². The first-order valence-electron chi connectivity index (χ1n) is 13.8. The molecule has 224 valence electrons. The van der Waals surface area contributed by atoms with Gasteiger partial charge in [-0.2, -0.15) is 18.3 Å². The number of aromatic nitrogens is 2. The number of hydrogen-bond acceptors (Lipinski definition) is 4. The fourth-order valence-corrected chi connectivity index (χ4v) is 5.43. The summed E-state index contributed by atoms with van der Waals surface area (Å²) in [7, 11) is 0. The number of rotatable bonds is 13. The number of hydrogen-bond donors (Lipinski definition) is 3. The highest BCUT2D eigenvalue weighted by Crippen LogP contribution is 2.51. The van der Waals surface area contributed by atoms with E-state index in [-0.39, 0.29) is 23.0 Å². The molecule has 2 saturated carbocycles. The van der Waals surface area contributed by atoms with Crippen LogP contribution in [-0.4, -0.2) is 51.6 Å². The number of anilines is 1. The first-order chi connectivity index (χ1) is 19.4. The van der Waals surface area contributed by atoms with Gasteiger partial charge in [-0.1, -0.05) is 6.07 Å². The van der Waals surface area contributed by atoms with Crippen LogP contribution >= 0.6 is 11.6 Å². The predicted molar refractivity (Wildman–Crippen MR) is 145 cm³/mol. The van der Waals surface area contributed by atoms with Gasteiger partial charge in [0.2, 0.25) is 11.8 Å². The van der Waals surface area contributed by atoms with Crippen molar-refractivity contribution in [2.75, 3.05) is 11.2 Å². The second kappa shape index (κ2) is 12.8. The highest BCUT2D eigenvalue weighted by atomic mass is 35.5. The number of nitrogens with one attached hydrogen (secondary N) is 3. The van der Waals surface area contributed by atoms with Crippen molar-refractivity contribution in [2.45, 2.75) is 76.7 Å². The standard InChI is InChI=1S/C28H34ClF4N5O3/c1-3-38-21(11-13-34-38)26(40)37-24(23(16-4-5-16)17-6-7-17)27(41)35-20-9-8-18(14-19(20)30)15(2)25(39)36-22(10-12-29)28(31,32)33/h8-9,11,13-17,22-24H,3-7,10,12H2,1-2H3,(H,35,41)(H,36,39)(H,37,40)/t15-,22?,24-/m0/s1. The van der Waals surface area contributed by atoms with E-state index >= 15 is 4.39 Å². The summed E-state index contributed by atoms with van der Waals surface area (Å²) in [5, 5.41) is 11.5. The Balaban J connectivity index is 1.49. The lowest BCUT2D eigenvalue weighted by Crippen LogP contribution is -2.50. The van der Waals surface area contributed by atoms with E-state index in [0.29, 0.717) is 24.1 Å². The Hall–Kier alpha value is -3.15. The van der Waals surface area contributed by atoms with Crippen LogP contribution in [0.15, 0.2) is 30.5 Å². The Morgan fingerprint density at radius 3 is 2.27 bits per heavy atom. The Bertz CT molecular complexity index is 1250. The van der Waals surface area contributed by atoms with Crippen LogP contribution in [0.25, 0.3) is 0 Å². The summed E-state index contributed by atoms with van der Waals surface area (Å²) in [6.45, 7) is 3.68. The third kappa shape index (κ3) is 7.58. The van der Waals surface area contributed by atoms with Crippen molar-refractivity contribution >= 4 is 35.0 Å². The van der Waals surface area contributed by atoms with E-state index in [0.717, 1.165) is 31.7 Å². The van der Waals surface area contributed by atoms with Gasteiger partial charge in [0.15, 0.2) is 0 Å². The molecule has 2 aliphatic rings. The molecule has 4 rings (SSSR count). The molecule has 2 aromatic rings.